The van der Waals surface area contributed by atoms with Crippen molar-refractivity contribution >= 4 is 18.4 Å². The Balaban J connectivity index is 1.52. The smallest absolute Gasteiger partial charge is 0.216 e. The van der Waals surface area contributed by atoms with Crippen LogP contribution in [0, 0.1) is 4.77 Å². The molecule has 0 saturated heterocycles. The highest BCUT2D eigenvalue weighted by Crippen LogP contribution is 2.25. The van der Waals surface area contributed by atoms with E-state index in [2.05, 4.69) is 33.5 Å². The zero-order valence-corrected chi connectivity index (χ0v) is 17.9. The molecule has 0 bridgehead atoms. The number of benzene rings is 3. The van der Waals surface area contributed by atoms with Crippen LogP contribution in [0.3, 0.4) is 0 Å². The minimum absolute atomic E-state index is 0.377. The lowest BCUT2D eigenvalue weighted by Gasteiger charge is -2.14. The zero-order chi connectivity index (χ0) is 21.5. The molecule has 1 heterocycles. The maximum absolute atomic E-state index is 6.20. The molecular formula is C24H22N4O2S. The van der Waals surface area contributed by atoms with Crippen molar-refractivity contribution in [2.24, 2.45) is 5.10 Å². The van der Waals surface area contributed by atoms with Gasteiger partial charge >= 0.3 is 0 Å². The van der Waals surface area contributed by atoms with Crippen LogP contribution in [0.2, 0.25) is 0 Å². The normalized spacial score (nSPS) is 11.0. The number of methoxy groups -OCH3 is 1. The van der Waals surface area contributed by atoms with Crippen LogP contribution in [0.4, 0.5) is 0 Å². The summed E-state index contributed by atoms with van der Waals surface area (Å²) in [6.07, 6.45) is 4.06. The molecule has 0 aliphatic heterocycles. The largest absolute Gasteiger partial charge is 0.496 e. The Labute approximate surface area is 185 Å². The molecule has 0 spiro atoms. The van der Waals surface area contributed by atoms with Crippen molar-refractivity contribution in [1.29, 1.82) is 0 Å². The van der Waals surface area contributed by atoms with Crippen LogP contribution in [-0.2, 0) is 13.0 Å². The molecule has 3 aromatic carbocycles. The van der Waals surface area contributed by atoms with Gasteiger partial charge in [0.05, 0.1) is 13.3 Å². The van der Waals surface area contributed by atoms with E-state index in [0.717, 1.165) is 34.6 Å². The molecule has 0 atom stereocenters. The predicted molar refractivity (Wildman–Crippen MR) is 123 cm³/mol. The lowest BCUT2D eigenvalue weighted by molar-refractivity contribution is 0.294. The van der Waals surface area contributed by atoms with Gasteiger partial charge in [0, 0.05) is 12.0 Å². The van der Waals surface area contributed by atoms with E-state index >= 15 is 0 Å². The molecule has 1 aromatic heterocycles. The Morgan fingerprint density at radius 2 is 1.81 bits per heavy atom. The lowest BCUT2D eigenvalue weighted by Crippen LogP contribution is -2.02. The molecular weight excluding hydrogens is 408 g/mol. The SMILES string of the molecule is COc1ccc(/C=N/n2cn[nH]c2=S)cc1COc1ccccc1Cc1ccccc1. The minimum Gasteiger partial charge on any atom is -0.496 e. The molecule has 0 saturated carbocycles. The van der Waals surface area contributed by atoms with Gasteiger partial charge in [-0.3, -0.25) is 5.10 Å². The molecule has 0 amide bonds. The van der Waals surface area contributed by atoms with Crippen LogP contribution >= 0.6 is 12.2 Å². The van der Waals surface area contributed by atoms with Crippen LogP contribution in [0.1, 0.15) is 22.3 Å². The first-order valence-electron chi connectivity index (χ1n) is 9.81. The average molecular weight is 431 g/mol. The lowest BCUT2D eigenvalue weighted by atomic mass is 10.0. The van der Waals surface area contributed by atoms with Crippen molar-refractivity contribution in [3.8, 4) is 11.5 Å². The first kappa shape index (κ1) is 20.6. The number of aromatic amines is 1. The number of hydrogen-bond acceptors (Lipinski definition) is 5. The minimum atomic E-state index is 0.377. The second kappa shape index (κ2) is 9.86. The summed E-state index contributed by atoms with van der Waals surface area (Å²) in [5.74, 6) is 1.62. The fourth-order valence-corrected chi connectivity index (χ4v) is 3.35. The Kier molecular flexibility index (Phi) is 6.54. The standard InChI is InChI=1S/C24H22N4O2S/c1-29-22-12-11-19(15-26-28-17-25-27-24(28)31)14-21(22)16-30-23-10-6-5-9-20(23)13-18-7-3-2-4-8-18/h2-12,14-15,17H,13,16H2,1H3,(H,27,31)/b26-15+. The molecule has 0 aliphatic rings. The summed E-state index contributed by atoms with van der Waals surface area (Å²) >= 11 is 5.11. The third-order valence-electron chi connectivity index (χ3n) is 4.76. The number of para-hydroxylation sites is 1. The van der Waals surface area contributed by atoms with E-state index in [1.807, 2.05) is 54.6 Å². The van der Waals surface area contributed by atoms with Crippen LogP contribution in [0.5, 0.6) is 11.5 Å². The van der Waals surface area contributed by atoms with Gasteiger partial charge in [-0.2, -0.15) is 14.9 Å². The molecule has 1 N–H and O–H groups in total. The molecule has 4 rings (SSSR count). The molecule has 0 aliphatic carbocycles. The summed E-state index contributed by atoms with van der Waals surface area (Å²) in [5, 5.41) is 10.9. The van der Waals surface area contributed by atoms with Crippen molar-refractivity contribution in [1.82, 2.24) is 14.9 Å². The van der Waals surface area contributed by atoms with Crippen LogP contribution < -0.4 is 9.47 Å². The number of ether oxygens (including phenoxy) is 2. The summed E-state index contributed by atoms with van der Waals surface area (Å²) in [6.45, 7) is 0.377. The second-order valence-corrected chi connectivity index (χ2v) is 7.27. The van der Waals surface area contributed by atoms with Crippen LogP contribution in [0.15, 0.2) is 84.2 Å². The van der Waals surface area contributed by atoms with Gasteiger partial charge in [-0.25, -0.2) is 0 Å². The predicted octanol–water partition coefficient (Wildman–Crippen LogP) is 5.00. The Morgan fingerprint density at radius 3 is 2.58 bits per heavy atom. The van der Waals surface area contributed by atoms with Crippen molar-refractivity contribution < 1.29 is 9.47 Å². The van der Waals surface area contributed by atoms with Gasteiger partial charge in [0.15, 0.2) is 0 Å². The zero-order valence-electron chi connectivity index (χ0n) is 17.1. The Hall–Kier alpha value is -3.71. The summed E-state index contributed by atoms with van der Waals surface area (Å²) in [7, 11) is 1.65. The van der Waals surface area contributed by atoms with Gasteiger partial charge in [-0.05, 0) is 53.2 Å². The number of nitrogens with zero attached hydrogens (tertiary/aromatic N) is 3. The van der Waals surface area contributed by atoms with E-state index in [4.69, 9.17) is 21.7 Å². The fraction of sp³-hybridized carbons (Fsp3) is 0.125. The van der Waals surface area contributed by atoms with E-state index in [1.54, 1.807) is 13.3 Å². The highest BCUT2D eigenvalue weighted by molar-refractivity contribution is 7.71. The van der Waals surface area contributed by atoms with Crippen molar-refractivity contribution in [3.05, 3.63) is 106 Å². The number of hydrogen-bond donors (Lipinski definition) is 1. The van der Waals surface area contributed by atoms with E-state index in [1.165, 1.54) is 16.6 Å². The topological polar surface area (TPSA) is 64.4 Å². The van der Waals surface area contributed by atoms with Crippen molar-refractivity contribution in [3.63, 3.8) is 0 Å². The monoisotopic (exact) mass is 430 g/mol. The first-order chi connectivity index (χ1) is 15.2. The van der Waals surface area contributed by atoms with Gasteiger partial charge < -0.3 is 9.47 Å². The molecule has 0 fully saturated rings. The van der Waals surface area contributed by atoms with Gasteiger partial charge in [-0.1, -0.05) is 48.5 Å². The van der Waals surface area contributed by atoms with Gasteiger partial charge in [0.2, 0.25) is 4.77 Å². The third-order valence-corrected chi connectivity index (χ3v) is 5.04. The van der Waals surface area contributed by atoms with Crippen LogP contribution in [-0.4, -0.2) is 28.2 Å². The van der Waals surface area contributed by atoms with E-state index < -0.39 is 0 Å². The molecule has 0 unspecified atom stereocenters. The number of H-pyrrole nitrogens is 1. The average Bonchev–Trinajstić information content (AvgIpc) is 3.22. The molecule has 31 heavy (non-hydrogen) atoms. The Bertz CT molecular complexity index is 1230. The quantitative estimate of drug-likeness (QED) is 0.316. The highest BCUT2D eigenvalue weighted by Gasteiger charge is 2.08. The Morgan fingerprint density at radius 1 is 1.00 bits per heavy atom. The molecule has 7 heteroatoms. The van der Waals surface area contributed by atoms with Crippen LogP contribution in [0.25, 0.3) is 0 Å². The van der Waals surface area contributed by atoms with Gasteiger partial charge in [-0.15, -0.1) is 0 Å². The van der Waals surface area contributed by atoms with E-state index in [0.29, 0.717) is 11.4 Å². The maximum Gasteiger partial charge on any atom is 0.216 e. The van der Waals surface area contributed by atoms with Gasteiger partial charge in [0.25, 0.3) is 0 Å². The van der Waals surface area contributed by atoms with Crippen molar-refractivity contribution in [2.45, 2.75) is 13.0 Å². The third kappa shape index (κ3) is 5.26. The first-order valence-corrected chi connectivity index (χ1v) is 10.2. The number of nitrogens with one attached hydrogen (secondary N) is 1. The number of rotatable bonds is 8. The molecule has 4 aromatic rings. The summed E-state index contributed by atoms with van der Waals surface area (Å²) < 4.78 is 13.7. The number of aromatic nitrogens is 3. The summed E-state index contributed by atoms with van der Waals surface area (Å²) in [5.41, 5.74) is 4.21. The molecule has 156 valence electrons. The van der Waals surface area contributed by atoms with E-state index in [-0.39, 0.29) is 0 Å². The summed E-state index contributed by atoms with van der Waals surface area (Å²) in [6, 6.07) is 24.3. The van der Waals surface area contributed by atoms with E-state index in [9.17, 15) is 0 Å². The summed E-state index contributed by atoms with van der Waals surface area (Å²) in [4.78, 5) is 0. The van der Waals surface area contributed by atoms with Gasteiger partial charge in [0.1, 0.15) is 24.4 Å². The molecule has 6 nitrogen and oxygen atoms in total. The maximum atomic E-state index is 6.20. The van der Waals surface area contributed by atoms with Crippen molar-refractivity contribution in [2.75, 3.05) is 7.11 Å². The fourth-order valence-electron chi connectivity index (χ4n) is 3.21. The highest BCUT2D eigenvalue weighted by atomic mass is 32.1. The molecule has 0 radical (unpaired) electrons. The second-order valence-electron chi connectivity index (χ2n) is 6.88.